The number of anilines is 1. The molecule has 0 unspecified atom stereocenters. The van der Waals surface area contributed by atoms with E-state index >= 15 is 0 Å². The van der Waals surface area contributed by atoms with E-state index in [1.54, 1.807) is 19.1 Å². The summed E-state index contributed by atoms with van der Waals surface area (Å²) in [6.45, 7) is 3.99. The quantitative estimate of drug-likeness (QED) is 0.902. The Labute approximate surface area is 122 Å². The average Bonchev–Trinajstić information content (AvgIpc) is 2.36. The number of pyridine rings is 1. The molecule has 0 spiro atoms. The fourth-order valence-electron chi connectivity index (χ4n) is 2.07. The van der Waals surface area contributed by atoms with Gasteiger partial charge < -0.3 is 10.4 Å². The van der Waals surface area contributed by atoms with Gasteiger partial charge in [-0.15, -0.1) is 0 Å². The predicted molar refractivity (Wildman–Crippen MR) is 79.4 cm³/mol. The maximum Gasteiger partial charge on any atom is 0.339 e. The molecule has 1 heterocycles. The maximum atomic E-state index is 11.3. The molecule has 0 aliphatic rings. The van der Waals surface area contributed by atoms with Gasteiger partial charge in [0.2, 0.25) is 0 Å². The third-order valence-corrected chi connectivity index (χ3v) is 3.34. The normalized spacial score (nSPS) is 10.3. The molecule has 0 radical (unpaired) electrons. The Hall–Kier alpha value is -2.07. The summed E-state index contributed by atoms with van der Waals surface area (Å²) in [5, 5.41) is 13.1. The van der Waals surface area contributed by atoms with Crippen LogP contribution in [0.1, 0.15) is 27.3 Å². The molecule has 0 saturated heterocycles. The number of nitrogens with zero attached hydrogens (tertiary/aromatic N) is 1. The lowest BCUT2D eigenvalue weighted by molar-refractivity contribution is 0.0696. The van der Waals surface area contributed by atoms with E-state index in [9.17, 15) is 9.90 Å². The molecule has 2 N–H and O–H groups in total. The van der Waals surface area contributed by atoms with Gasteiger partial charge in [-0.05, 0) is 31.5 Å². The van der Waals surface area contributed by atoms with Crippen LogP contribution in [0.5, 0.6) is 0 Å². The zero-order valence-electron chi connectivity index (χ0n) is 11.3. The molecule has 2 rings (SSSR count). The van der Waals surface area contributed by atoms with Crippen LogP contribution in [-0.4, -0.2) is 16.1 Å². The summed E-state index contributed by atoms with van der Waals surface area (Å²) in [7, 11) is 0. The summed E-state index contributed by atoms with van der Waals surface area (Å²) in [6.07, 6.45) is 0. The highest BCUT2D eigenvalue weighted by molar-refractivity contribution is 6.31. The fraction of sp³-hybridized carbons (Fsp3) is 0.200. The SMILES string of the molecule is Cc1cc(NCc2ccccc2Cl)c(C(=O)O)c(C)n1. The van der Waals surface area contributed by atoms with Crippen molar-refractivity contribution >= 4 is 23.3 Å². The van der Waals surface area contributed by atoms with E-state index in [4.69, 9.17) is 11.6 Å². The van der Waals surface area contributed by atoms with Gasteiger partial charge in [-0.2, -0.15) is 0 Å². The van der Waals surface area contributed by atoms with Crippen molar-refractivity contribution in [3.8, 4) is 0 Å². The van der Waals surface area contributed by atoms with Crippen molar-refractivity contribution in [2.45, 2.75) is 20.4 Å². The molecule has 0 amide bonds. The molecule has 5 heteroatoms. The number of carboxylic acids is 1. The number of carbonyl (C=O) groups is 1. The Bertz CT molecular complexity index is 656. The van der Waals surface area contributed by atoms with E-state index < -0.39 is 5.97 Å². The van der Waals surface area contributed by atoms with Crippen molar-refractivity contribution in [2.24, 2.45) is 0 Å². The van der Waals surface area contributed by atoms with E-state index in [0.717, 1.165) is 11.3 Å². The summed E-state index contributed by atoms with van der Waals surface area (Å²) < 4.78 is 0. The van der Waals surface area contributed by atoms with Crippen molar-refractivity contribution in [2.75, 3.05) is 5.32 Å². The number of hydrogen-bond donors (Lipinski definition) is 2. The second kappa shape index (κ2) is 5.92. The minimum absolute atomic E-state index is 0.197. The second-order valence-electron chi connectivity index (χ2n) is 4.52. The summed E-state index contributed by atoms with van der Waals surface area (Å²) in [4.78, 5) is 15.5. The molecule has 20 heavy (non-hydrogen) atoms. The van der Waals surface area contributed by atoms with Crippen LogP contribution < -0.4 is 5.32 Å². The molecule has 0 fully saturated rings. The zero-order valence-corrected chi connectivity index (χ0v) is 12.0. The molecule has 104 valence electrons. The first-order chi connectivity index (χ1) is 9.49. The van der Waals surface area contributed by atoms with Gasteiger partial charge in [0.25, 0.3) is 0 Å². The van der Waals surface area contributed by atoms with E-state index in [2.05, 4.69) is 10.3 Å². The van der Waals surface area contributed by atoms with Gasteiger partial charge in [-0.3, -0.25) is 4.98 Å². The number of rotatable bonds is 4. The van der Waals surface area contributed by atoms with Crippen LogP contribution in [0.2, 0.25) is 5.02 Å². The highest BCUT2D eigenvalue weighted by Crippen LogP contribution is 2.22. The van der Waals surface area contributed by atoms with Crippen LogP contribution in [0.4, 0.5) is 5.69 Å². The van der Waals surface area contributed by atoms with Crippen molar-refractivity contribution in [1.29, 1.82) is 0 Å². The van der Waals surface area contributed by atoms with Crippen molar-refractivity contribution in [3.05, 3.63) is 57.9 Å². The number of hydrogen-bond acceptors (Lipinski definition) is 3. The summed E-state index contributed by atoms with van der Waals surface area (Å²) >= 11 is 6.09. The molecule has 1 aromatic heterocycles. The van der Waals surface area contributed by atoms with Gasteiger partial charge in [-0.25, -0.2) is 4.79 Å². The Balaban J connectivity index is 2.30. The predicted octanol–water partition coefficient (Wildman–Crippen LogP) is 3.66. The number of aromatic carboxylic acids is 1. The van der Waals surface area contributed by atoms with E-state index in [1.807, 2.05) is 25.1 Å². The lowest BCUT2D eigenvalue weighted by atomic mass is 10.1. The first-order valence-electron chi connectivity index (χ1n) is 6.18. The average molecular weight is 291 g/mol. The first kappa shape index (κ1) is 14.3. The molecule has 1 aromatic carbocycles. The highest BCUT2D eigenvalue weighted by atomic mass is 35.5. The number of aromatic nitrogens is 1. The number of benzene rings is 1. The molecule has 0 aliphatic carbocycles. The molecule has 0 atom stereocenters. The number of aryl methyl sites for hydroxylation is 2. The zero-order chi connectivity index (χ0) is 14.7. The first-order valence-corrected chi connectivity index (χ1v) is 6.55. The monoisotopic (exact) mass is 290 g/mol. The van der Waals surface area contributed by atoms with Crippen molar-refractivity contribution in [3.63, 3.8) is 0 Å². The Morgan fingerprint density at radius 3 is 2.70 bits per heavy atom. The lowest BCUT2D eigenvalue weighted by Gasteiger charge is -2.13. The molecule has 2 aromatic rings. The van der Waals surface area contributed by atoms with Crippen LogP contribution in [0, 0.1) is 13.8 Å². The summed E-state index contributed by atoms with van der Waals surface area (Å²) in [6, 6.07) is 9.18. The molecule has 0 saturated carbocycles. The summed E-state index contributed by atoms with van der Waals surface area (Å²) in [5.41, 5.74) is 2.94. The van der Waals surface area contributed by atoms with Crippen LogP contribution in [-0.2, 0) is 6.54 Å². The third-order valence-electron chi connectivity index (χ3n) is 2.97. The smallest absolute Gasteiger partial charge is 0.339 e. The largest absolute Gasteiger partial charge is 0.478 e. The van der Waals surface area contributed by atoms with Crippen LogP contribution in [0.15, 0.2) is 30.3 Å². The third kappa shape index (κ3) is 3.08. The van der Waals surface area contributed by atoms with Gasteiger partial charge in [0, 0.05) is 17.3 Å². The van der Waals surface area contributed by atoms with Gasteiger partial charge >= 0.3 is 5.97 Å². The molecule has 4 nitrogen and oxygen atoms in total. The molecule has 0 aliphatic heterocycles. The summed E-state index contributed by atoms with van der Waals surface area (Å²) in [5.74, 6) is -0.989. The Kier molecular flexibility index (Phi) is 4.25. The van der Waals surface area contributed by atoms with E-state index in [0.29, 0.717) is 22.9 Å². The van der Waals surface area contributed by atoms with Crippen LogP contribution >= 0.6 is 11.6 Å². The Morgan fingerprint density at radius 2 is 2.05 bits per heavy atom. The van der Waals surface area contributed by atoms with Crippen molar-refractivity contribution < 1.29 is 9.90 Å². The fourth-order valence-corrected chi connectivity index (χ4v) is 2.27. The van der Waals surface area contributed by atoms with Crippen molar-refractivity contribution in [1.82, 2.24) is 4.98 Å². The van der Waals surface area contributed by atoms with Crippen LogP contribution in [0.3, 0.4) is 0 Å². The van der Waals surface area contributed by atoms with Gasteiger partial charge in [0.05, 0.1) is 11.4 Å². The van der Waals surface area contributed by atoms with Gasteiger partial charge in [0.15, 0.2) is 0 Å². The number of carboxylic acid groups (broad SMARTS) is 1. The minimum Gasteiger partial charge on any atom is -0.478 e. The lowest BCUT2D eigenvalue weighted by Crippen LogP contribution is -2.10. The second-order valence-corrected chi connectivity index (χ2v) is 4.93. The molecular weight excluding hydrogens is 276 g/mol. The Morgan fingerprint density at radius 1 is 1.35 bits per heavy atom. The van der Waals surface area contributed by atoms with Gasteiger partial charge in [-0.1, -0.05) is 29.8 Å². The van der Waals surface area contributed by atoms with E-state index in [-0.39, 0.29) is 5.56 Å². The van der Waals surface area contributed by atoms with E-state index in [1.165, 1.54) is 0 Å². The number of halogens is 1. The highest BCUT2D eigenvalue weighted by Gasteiger charge is 2.15. The topological polar surface area (TPSA) is 62.2 Å². The maximum absolute atomic E-state index is 11.3. The van der Waals surface area contributed by atoms with Gasteiger partial charge in [0.1, 0.15) is 5.56 Å². The van der Waals surface area contributed by atoms with Crippen LogP contribution in [0.25, 0.3) is 0 Å². The number of nitrogens with one attached hydrogen (secondary N) is 1. The molecular formula is C15H15ClN2O2. The standard InChI is InChI=1S/C15H15ClN2O2/c1-9-7-13(14(15(19)20)10(2)18-9)17-8-11-5-3-4-6-12(11)16/h3-7H,8H2,1-2H3,(H,17,18)(H,19,20). The minimum atomic E-state index is -0.989. The molecule has 0 bridgehead atoms.